The Morgan fingerprint density at radius 3 is 2.95 bits per heavy atom. The van der Waals surface area contributed by atoms with Gasteiger partial charge >= 0.3 is 0 Å². The molecule has 3 heteroatoms. The van der Waals surface area contributed by atoms with Crippen molar-refractivity contribution in [1.29, 1.82) is 0 Å². The SMILES string of the molecule is O[C@H](CNC1CC1)CO[C@@H]1CCCc2ccccc21. The molecule has 1 aromatic carbocycles. The standard InChI is InChI=1S/C16H23NO2/c18-14(10-17-13-8-9-13)11-19-16-7-3-5-12-4-1-2-6-15(12)16/h1-2,4,6,13-14,16-18H,3,5,7-11H2/t14-,16-/m1/s1. The van der Waals surface area contributed by atoms with Gasteiger partial charge in [-0.3, -0.25) is 0 Å². The van der Waals surface area contributed by atoms with Crippen molar-refractivity contribution in [3.63, 3.8) is 0 Å². The van der Waals surface area contributed by atoms with Crippen LogP contribution in [0.3, 0.4) is 0 Å². The summed E-state index contributed by atoms with van der Waals surface area (Å²) in [5.41, 5.74) is 2.72. The molecule has 1 saturated carbocycles. The third-order valence-corrected chi connectivity index (χ3v) is 4.02. The van der Waals surface area contributed by atoms with Crippen molar-refractivity contribution in [2.24, 2.45) is 0 Å². The summed E-state index contributed by atoms with van der Waals surface area (Å²) in [6.07, 6.45) is 5.68. The van der Waals surface area contributed by atoms with Crippen LogP contribution in [0.25, 0.3) is 0 Å². The molecular formula is C16H23NO2. The Morgan fingerprint density at radius 1 is 1.26 bits per heavy atom. The number of hydrogen-bond donors (Lipinski definition) is 2. The number of nitrogens with one attached hydrogen (secondary N) is 1. The lowest BCUT2D eigenvalue weighted by atomic mass is 9.89. The molecule has 0 bridgehead atoms. The van der Waals surface area contributed by atoms with Gasteiger partial charge in [0, 0.05) is 12.6 Å². The second kappa shape index (κ2) is 6.04. The van der Waals surface area contributed by atoms with Gasteiger partial charge in [0.2, 0.25) is 0 Å². The Bertz CT molecular complexity index is 417. The first-order chi connectivity index (χ1) is 9.33. The highest BCUT2D eigenvalue weighted by molar-refractivity contribution is 5.31. The van der Waals surface area contributed by atoms with Gasteiger partial charge in [0.15, 0.2) is 0 Å². The van der Waals surface area contributed by atoms with Crippen molar-refractivity contribution < 1.29 is 9.84 Å². The van der Waals surface area contributed by atoms with E-state index in [9.17, 15) is 5.11 Å². The third kappa shape index (κ3) is 3.56. The van der Waals surface area contributed by atoms with E-state index in [4.69, 9.17) is 4.74 Å². The molecule has 2 atom stereocenters. The maximum atomic E-state index is 9.92. The monoisotopic (exact) mass is 261 g/mol. The molecule has 0 aliphatic heterocycles. The Hall–Kier alpha value is -0.900. The van der Waals surface area contributed by atoms with Gasteiger partial charge in [-0.2, -0.15) is 0 Å². The molecule has 2 N–H and O–H groups in total. The number of fused-ring (bicyclic) bond motifs is 1. The summed E-state index contributed by atoms with van der Waals surface area (Å²) in [6, 6.07) is 9.16. The predicted molar refractivity (Wildman–Crippen MR) is 75.1 cm³/mol. The second-order valence-corrected chi connectivity index (χ2v) is 5.75. The molecule has 104 valence electrons. The quantitative estimate of drug-likeness (QED) is 0.825. The molecule has 0 aromatic heterocycles. The molecule has 0 unspecified atom stereocenters. The number of aliphatic hydroxyl groups is 1. The van der Waals surface area contributed by atoms with Crippen LogP contribution in [0, 0.1) is 0 Å². The van der Waals surface area contributed by atoms with Crippen molar-refractivity contribution in [2.75, 3.05) is 13.2 Å². The fraction of sp³-hybridized carbons (Fsp3) is 0.625. The molecule has 2 aliphatic carbocycles. The van der Waals surface area contributed by atoms with Crippen LogP contribution < -0.4 is 5.32 Å². The minimum atomic E-state index is -0.394. The molecule has 2 aliphatic rings. The van der Waals surface area contributed by atoms with E-state index in [2.05, 4.69) is 29.6 Å². The summed E-state index contributed by atoms with van der Waals surface area (Å²) in [6.45, 7) is 1.08. The number of aliphatic hydroxyl groups excluding tert-OH is 1. The first-order valence-electron chi connectivity index (χ1n) is 7.44. The van der Waals surface area contributed by atoms with Gasteiger partial charge in [-0.25, -0.2) is 0 Å². The molecule has 0 heterocycles. The second-order valence-electron chi connectivity index (χ2n) is 5.75. The number of hydrogen-bond acceptors (Lipinski definition) is 3. The molecule has 3 nitrogen and oxygen atoms in total. The molecule has 1 aromatic rings. The van der Waals surface area contributed by atoms with Gasteiger partial charge in [-0.15, -0.1) is 0 Å². The van der Waals surface area contributed by atoms with E-state index in [-0.39, 0.29) is 6.10 Å². The maximum Gasteiger partial charge on any atom is 0.0898 e. The minimum Gasteiger partial charge on any atom is -0.389 e. The van der Waals surface area contributed by atoms with Crippen LogP contribution in [0.5, 0.6) is 0 Å². The van der Waals surface area contributed by atoms with E-state index < -0.39 is 6.10 Å². The van der Waals surface area contributed by atoms with Crippen LogP contribution in [0.15, 0.2) is 24.3 Å². The molecule has 0 radical (unpaired) electrons. The predicted octanol–water partition coefficient (Wildman–Crippen LogP) is 2.19. The van der Waals surface area contributed by atoms with E-state index in [1.54, 1.807) is 0 Å². The Balaban J connectivity index is 1.49. The summed E-state index contributed by atoms with van der Waals surface area (Å²) in [5.74, 6) is 0. The molecule has 0 spiro atoms. The van der Waals surface area contributed by atoms with Gasteiger partial charge in [0.1, 0.15) is 0 Å². The average molecular weight is 261 g/mol. The average Bonchev–Trinajstić information content (AvgIpc) is 3.27. The highest BCUT2D eigenvalue weighted by atomic mass is 16.5. The van der Waals surface area contributed by atoms with Crippen LogP contribution in [-0.4, -0.2) is 30.4 Å². The fourth-order valence-electron chi connectivity index (χ4n) is 2.76. The zero-order valence-electron chi connectivity index (χ0n) is 11.3. The Labute approximate surface area is 115 Å². The zero-order valence-corrected chi connectivity index (χ0v) is 11.3. The first kappa shape index (κ1) is 13.1. The first-order valence-corrected chi connectivity index (χ1v) is 7.44. The highest BCUT2D eigenvalue weighted by Gasteiger charge is 2.23. The number of aryl methyl sites for hydroxylation is 1. The van der Waals surface area contributed by atoms with Gasteiger partial charge in [0.25, 0.3) is 0 Å². The molecule has 1 fully saturated rings. The lowest BCUT2D eigenvalue weighted by Gasteiger charge is -2.26. The van der Waals surface area contributed by atoms with Gasteiger partial charge < -0.3 is 15.2 Å². The normalized spacial score (nSPS) is 23.9. The van der Waals surface area contributed by atoms with Crippen LogP contribution in [0.1, 0.15) is 42.9 Å². The van der Waals surface area contributed by atoms with Gasteiger partial charge in [-0.1, -0.05) is 24.3 Å². The zero-order chi connectivity index (χ0) is 13.1. The topological polar surface area (TPSA) is 41.5 Å². The van der Waals surface area contributed by atoms with E-state index in [1.807, 2.05) is 0 Å². The largest absolute Gasteiger partial charge is 0.389 e. The molecule has 0 saturated heterocycles. The molecule has 3 rings (SSSR count). The Kier molecular flexibility index (Phi) is 4.16. The van der Waals surface area contributed by atoms with Crippen LogP contribution in [0.4, 0.5) is 0 Å². The van der Waals surface area contributed by atoms with Crippen molar-refractivity contribution in [3.8, 4) is 0 Å². The number of ether oxygens (including phenoxy) is 1. The number of rotatable bonds is 6. The summed E-state index contributed by atoms with van der Waals surface area (Å²) >= 11 is 0. The summed E-state index contributed by atoms with van der Waals surface area (Å²) < 4.78 is 5.93. The smallest absolute Gasteiger partial charge is 0.0898 e. The highest BCUT2D eigenvalue weighted by Crippen LogP contribution is 2.32. The molecular weight excluding hydrogens is 238 g/mol. The lowest BCUT2D eigenvalue weighted by molar-refractivity contribution is -0.0167. The Morgan fingerprint density at radius 2 is 2.11 bits per heavy atom. The van der Waals surface area contributed by atoms with Gasteiger partial charge in [-0.05, 0) is 43.2 Å². The van der Waals surface area contributed by atoms with E-state index in [1.165, 1.54) is 30.4 Å². The van der Waals surface area contributed by atoms with Crippen LogP contribution >= 0.6 is 0 Å². The van der Waals surface area contributed by atoms with E-state index >= 15 is 0 Å². The van der Waals surface area contributed by atoms with Crippen LogP contribution in [-0.2, 0) is 11.2 Å². The summed E-state index contributed by atoms with van der Waals surface area (Å²) in [7, 11) is 0. The van der Waals surface area contributed by atoms with E-state index in [0.717, 1.165) is 12.8 Å². The lowest BCUT2D eigenvalue weighted by Crippen LogP contribution is -2.32. The third-order valence-electron chi connectivity index (χ3n) is 4.02. The van der Waals surface area contributed by atoms with Crippen molar-refractivity contribution in [3.05, 3.63) is 35.4 Å². The summed E-state index contributed by atoms with van der Waals surface area (Å²) in [5, 5.41) is 13.3. The summed E-state index contributed by atoms with van der Waals surface area (Å²) in [4.78, 5) is 0. The number of benzene rings is 1. The molecule has 19 heavy (non-hydrogen) atoms. The van der Waals surface area contributed by atoms with Gasteiger partial charge in [0.05, 0.1) is 18.8 Å². The van der Waals surface area contributed by atoms with Crippen molar-refractivity contribution >= 4 is 0 Å². The van der Waals surface area contributed by atoms with Crippen LogP contribution in [0.2, 0.25) is 0 Å². The molecule has 0 amide bonds. The van der Waals surface area contributed by atoms with E-state index in [0.29, 0.717) is 19.2 Å². The maximum absolute atomic E-state index is 9.92. The van der Waals surface area contributed by atoms with Crippen molar-refractivity contribution in [1.82, 2.24) is 5.32 Å². The minimum absolute atomic E-state index is 0.167. The fourth-order valence-corrected chi connectivity index (χ4v) is 2.76. The van der Waals surface area contributed by atoms with Crippen molar-refractivity contribution in [2.45, 2.75) is 50.4 Å².